The number of aryl methyl sites for hydroxylation is 1. The van der Waals surface area contributed by atoms with E-state index >= 15 is 0 Å². The molecule has 0 aromatic heterocycles. The van der Waals surface area contributed by atoms with Gasteiger partial charge in [-0.15, -0.1) is 0 Å². The fourth-order valence-corrected chi connectivity index (χ4v) is 4.20. The van der Waals surface area contributed by atoms with E-state index in [1.54, 1.807) is 12.1 Å². The molecule has 2 atom stereocenters. The van der Waals surface area contributed by atoms with E-state index in [2.05, 4.69) is 4.72 Å². The molecule has 24 heavy (non-hydrogen) atoms. The predicted molar refractivity (Wildman–Crippen MR) is 97.4 cm³/mol. The Labute approximate surface area is 146 Å². The van der Waals surface area contributed by atoms with E-state index < -0.39 is 27.1 Å². The van der Waals surface area contributed by atoms with Crippen molar-refractivity contribution in [1.29, 1.82) is 0 Å². The average molecular weight is 367 g/mol. The van der Waals surface area contributed by atoms with Gasteiger partial charge in [-0.05, 0) is 24.6 Å². The number of nitrogens with one attached hydrogen (secondary N) is 1. The summed E-state index contributed by atoms with van der Waals surface area (Å²) >= 11 is 0. The van der Waals surface area contributed by atoms with Crippen molar-refractivity contribution in [3.63, 3.8) is 0 Å². The maximum Gasteiger partial charge on any atom is 0.215 e. The molecule has 2 aromatic rings. The van der Waals surface area contributed by atoms with E-state index in [-0.39, 0.29) is 5.75 Å². The molecule has 0 saturated heterocycles. The summed E-state index contributed by atoms with van der Waals surface area (Å²) < 4.78 is 41.2. The first-order valence-electron chi connectivity index (χ1n) is 7.49. The lowest BCUT2D eigenvalue weighted by Crippen LogP contribution is -2.35. The monoisotopic (exact) mass is 366 g/mol. The zero-order valence-electron chi connectivity index (χ0n) is 14.0. The molecular weight excluding hydrogens is 344 g/mol. The first-order valence-corrected chi connectivity index (χ1v) is 10.3. The Bertz CT molecular complexity index is 788. The molecule has 2 rings (SSSR count). The third-order valence-corrected chi connectivity index (χ3v) is 6.69. The highest BCUT2D eigenvalue weighted by molar-refractivity contribution is 7.89. The summed E-state index contributed by atoms with van der Waals surface area (Å²) in [5.74, 6) is -0.165. The fraction of sp³-hybridized carbons (Fsp3) is 0.294. The Kier molecular flexibility index (Phi) is 6.28. The summed E-state index contributed by atoms with van der Waals surface area (Å²) in [5.41, 5.74) is 1.86. The van der Waals surface area contributed by atoms with Gasteiger partial charge in [0.15, 0.2) is 0 Å². The highest BCUT2D eigenvalue weighted by Gasteiger charge is 2.24. The molecule has 1 N–H and O–H groups in total. The molecule has 5 nitrogen and oxygen atoms in total. The Hall–Kier alpha value is -1.54. The molecule has 0 fully saturated rings. The maximum absolute atomic E-state index is 12.6. The second kappa shape index (κ2) is 8.02. The minimum Gasteiger partial charge on any atom is -0.237 e. The van der Waals surface area contributed by atoms with Crippen LogP contribution >= 0.6 is 0 Å². The van der Waals surface area contributed by atoms with Crippen LogP contribution in [0.25, 0.3) is 0 Å². The van der Waals surface area contributed by atoms with Gasteiger partial charge in [0, 0.05) is 14.1 Å². The van der Waals surface area contributed by atoms with Crippen LogP contribution in [0.15, 0.2) is 59.5 Å². The van der Waals surface area contributed by atoms with Gasteiger partial charge >= 0.3 is 0 Å². The van der Waals surface area contributed by atoms with Crippen molar-refractivity contribution in [1.82, 2.24) is 9.03 Å². The smallest absolute Gasteiger partial charge is 0.215 e. The van der Waals surface area contributed by atoms with Crippen molar-refractivity contribution in [3.8, 4) is 0 Å². The van der Waals surface area contributed by atoms with Gasteiger partial charge in [0.1, 0.15) is 11.0 Å². The molecule has 130 valence electrons. The Balaban J connectivity index is 2.26. The molecule has 0 saturated carbocycles. The second-order valence-electron chi connectivity index (χ2n) is 5.72. The van der Waals surface area contributed by atoms with Gasteiger partial charge in [-0.3, -0.25) is 0 Å². The van der Waals surface area contributed by atoms with Crippen molar-refractivity contribution >= 4 is 21.0 Å². The van der Waals surface area contributed by atoms with E-state index in [1.165, 1.54) is 18.4 Å². The van der Waals surface area contributed by atoms with Gasteiger partial charge in [-0.25, -0.2) is 21.7 Å². The van der Waals surface area contributed by atoms with E-state index in [4.69, 9.17) is 0 Å². The zero-order chi connectivity index (χ0) is 17.7. The largest absolute Gasteiger partial charge is 0.237 e. The summed E-state index contributed by atoms with van der Waals surface area (Å²) in [6.45, 7) is 1.95. The number of nitrogens with zero attached hydrogens (tertiary/aromatic N) is 1. The highest BCUT2D eigenvalue weighted by atomic mass is 32.2. The molecule has 0 amide bonds. The topological polar surface area (TPSA) is 66.5 Å². The van der Waals surface area contributed by atoms with Crippen LogP contribution < -0.4 is 4.72 Å². The lowest BCUT2D eigenvalue weighted by atomic mass is 10.1. The second-order valence-corrected chi connectivity index (χ2v) is 9.20. The molecule has 1 unspecified atom stereocenters. The standard InChI is InChI=1S/C17H22N2O3S2/c1-14-9-11-16(12-10-14)23(20)18-17(13-24(21,22)19(2)3)15-7-5-4-6-8-15/h4-12,17-18H,13H2,1-3H3/t17-,23?/m0/s1. The molecule has 0 aliphatic carbocycles. The van der Waals surface area contributed by atoms with Crippen molar-refractivity contribution in [2.75, 3.05) is 19.8 Å². The lowest BCUT2D eigenvalue weighted by molar-refractivity contribution is 0.512. The van der Waals surface area contributed by atoms with Crippen LogP contribution in [0, 0.1) is 6.92 Å². The molecular formula is C17H22N2O3S2. The van der Waals surface area contributed by atoms with E-state index in [0.717, 1.165) is 11.1 Å². The minimum atomic E-state index is -3.44. The molecule has 2 aromatic carbocycles. The van der Waals surface area contributed by atoms with Gasteiger partial charge in [0.25, 0.3) is 0 Å². The van der Waals surface area contributed by atoms with Crippen LogP contribution in [-0.2, 0) is 21.0 Å². The third kappa shape index (κ3) is 4.98. The molecule has 0 bridgehead atoms. The van der Waals surface area contributed by atoms with Gasteiger partial charge < -0.3 is 0 Å². The predicted octanol–water partition coefficient (Wildman–Crippen LogP) is 2.24. The molecule has 0 heterocycles. The van der Waals surface area contributed by atoms with Crippen molar-refractivity contribution in [2.24, 2.45) is 0 Å². The van der Waals surface area contributed by atoms with E-state index in [9.17, 15) is 12.6 Å². The molecule has 0 radical (unpaired) electrons. The number of hydrogen-bond donors (Lipinski definition) is 1. The van der Waals surface area contributed by atoms with Crippen molar-refractivity contribution in [2.45, 2.75) is 17.9 Å². The van der Waals surface area contributed by atoms with Crippen molar-refractivity contribution < 1.29 is 12.6 Å². The first kappa shape index (κ1) is 18.8. The Morgan fingerprint density at radius 2 is 1.62 bits per heavy atom. The summed E-state index contributed by atoms with van der Waals surface area (Å²) in [7, 11) is -1.96. The normalized spacial score (nSPS) is 14.5. The quantitative estimate of drug-likeness (QED) is 0.817. The van der Waals surface area contributed by atoms with Crippen LogP contribution in [-0.4, -0.2) is 36.8 Å². The van der Waals surface area contributed by atoms with Crippen LogP contribution in [0.4, 0.5) is 0 Å². The van der Waals surface area contributed by atoms with Gasteiger partial charge in [0.2, 0.25) is 10.0 Å². The van der Waals surface area contributed by atoms with Crippen LogP contribution in [0.3, 0.4) is 0 Å². The number of rotatable bonds is 7. The Morgan fingerprint density at radius 1 is 1.04 bits per heavy atom. The van der Waals surface area contributed by atoms with Gasteiger partial charge in [0.05, 0.1) is 16.7 Å². The highest BCUT2D eigenvalue weighted by Crippen LogP contribution is 2.18. The number of benzene rings is 2. The zero-order valence-corrected chi connectivity index (χ0v) is 15.6. The summed E-state index contributed by atoms with van der Waals surface area (Å²) in [6, 6.07) is 15.9. The fourth-order valence-electron chi connectivity index (χ4n) is 2.10. The molecule has 0 aliphatic heterocycles. The van der Waals surface area contributed by atoms with Gasteiger partial charge in [-0.1, -0.05) is 48.0 Å². The molecule has 0 aliphatic rings. The summed E-state index contributed by atoms with van der Waals surface area (Å²) in [4.78, 5) is 0.615. The molecule has 7 heteroatoms. The summed E-state index contributed by atoms with van der Waals surface area (Å²) in [6.07, 6.45) is 0. The SMILES string of the molecule is Cc1ccc(S(=O)N[C@@H](CS(=O)(=O)N(C)C)c2ccccc2)cc1. The molecule has 0 spiro atoms. The minimum absolute atomic E-state index is 0.165. The number of hydrogen-bond acceptors (Lipinski definition) is 3. The van der Waals surface area contributed by atoms with Crippen LogP contribution in [0.1, 0.15) is 17.2 Å². The van der Waals surface area contributed by atoms with E-state index in [0.29, 0.717) is 4.90 Å². The van der Waals surface area contributed by atoms with E-state index in [1.807, 2.05) is 49.4 Å². The summed E-state index contributed by atoms with van der Waals surface area (Å²) in [5, 5.41) is 0. The third-order valence-electron chi connectivity index (χ3n) is 3.62. The lowest BCUT2D eigenvalue weighted by Gasteiger charge is -2.21. The van der Waals surface area contributed by atoms with Crippen molar-refractivity contribution in [3.05, 3.63) is 65.7 Å². The van der Waals surface area contributed by atoms with Crippen LogP contribution in [0.2, 0.25) is 0 Å². The van der Waals surface area contributed by atoms with Crippen LogP contribution in [0.5, 0.6) is 0 Å². The first-order chi connectivity index (χ1) is 11.3. The Morgan fingerprint density at radius 3 is 2.17 bits per heavy atom. The average Bonchev–Trinajstić information content (AvgIpc) is 2.55. The van der Waals surface area contributed by atoms with Gasteiger partial charge in [-0.2, -0.15) is 0 Å². The number of sulfonamides is 1. The maximum atomic E-state index is 12.6.